The molecule has 1 nitrogen and oxygen atoms in total. The Balaban J connectivity index is 2.51. The van der Waals surface area contributed by atoms with E-state index in [-0.39, 0.29) is 0 Å². The quantitative estimate of drug-likeness (QED) is 0.563. The number of aryl methyl sites for hydroxylation is 3. The van der Waals surface area contributed by atoms with Crippen LogP contribution in [-0.2, 0) is 6.42 Å². The monoisotopic (exact) mass is 235 g/mol. The molecule has 0 spiro atoms. The minimum Gasteiger partial charge on any atom is -0.252 e. The van der Waals surface area contributed by atoms with Crippen LogP contribution in [-0.4, -0.2) is 4.98 Å². The molecule has 0 unspecified atom stereocenters. The Morgan fingerprint density at radius 3 is 2.44 bits per heavy atom. The molecule has 0 radical (unpaired) electrons. The van der Waals surface area contributed by atoms with E-state index in [4.69, 9.17) is 4.98 Å². The van der Waals surface area contributed by atoms with Gasteiger partial charge in [-0.25, -0.2) is 0 Å². The predicted octanol–water partition coefficient (Wildman–Crippen LogP) is 4.57. The minimum atomic E-state index is 1.04. The maximum Gasteiger partial charge on any atom is 0.0783 e. The molecule has 18 heavy (non-hydrogen) atoms. The Kier molecular flexibility index (Phi) is 2.55. The van der Waals surface area contributed by atoms with Gasteiger partial charge in [0, 0.05) is 16.5 Å². The SMILES string of the molecule is CCc1cc2cc(C)c3ccccc3c2nc1C. The van der Waals surface area contributed by atoms with Crippen LogP contribution in [0.15, 0.2) is 36.4 Å². The van der Waals surface area contributed by atoms with E-state index in [1.807, 2.05) is 0 Å². The van der Waals surface area contributed by atoms with Gasteiger partial charge >= 0.3 is 0 Å². The van der Waals surface area contributed by atoms with Gasteiger partial charge in [-0.15, -0.1) is 0 Å². The highest BCUT2D eigenvalue weighted by Gasteiger charge is 2.07. The van der Waals surface area contributed by atoms with Crippen LogP contribution in [0.25, 0.3) is 21.7 Å². The lowest BCUT2D eigenvalue weighted by molar-refractivity contribution is 1.07. The van der Waals surface area contributed by atoms with Gasteiger partial charge in [0.25, 0.3) is 0 Å². The largest absolute Gasteiger partial charge is 0.252 e. The summed E-state index contributed by atoms with van der Waals surface area (Å²) in [6.07, 6.45) is 1.04. The van der Waals surface area contributed by atoms with E-state index in [0.29, 0.717) is 0 Å². The minimum absolute atomic E-state index is 1.04. The fraction of sp³-hybridized carbons (Fsp3) is 0.235. The highest BCUT2D eigenvalue weighted by atomic mass is 14.7. The van der Waals surface area contributed by atoms with E-state index in [0.717, 1.165) is 17.6 Å². The van der Waals surface area contributed by atoms with Crippen molar-refractivity contribution in [1.82, 2.24) is 4.98 Å². The summed E-state index contributed by atoms with van der Waals surface area (Å²) in [6, 6.07) is 13.1. The molecule has 0 aliphatic rings. The molecule has 0 N–H and O–H groups in total. The summed E-state index contributed by atoms with van der Waals surface area (Å²) in [4.78, 5) is 4.82. The molecule has 0 bridgehead atoms. The van der Waals surface area contributed by atoms with Crippen molar-refractivity contribution in [2.45, 2.75) is 27.2 Å². The highest BCUT2D eigenvalue weighted by molar-refractivity contribution is 6.06. The lowest BCUT2D eigenvalue weighted by atomic mass is 9.99. The van der Waals surface area contributed by atoms with Crippen molar-refractivity contribution in [1.29, 1.82) is 0 Å². The molecule has 2 aromatic carbocycles. The van der Waals surface area contributed by atoms with Crippen molar-refractivity contribution in [3.05, 3.63) is 53.2 Å². The zero-order chi connectivity index (χ0) is 12.7. The Bertz CT molecular complexity index is 741. The summed E-state index contributed by atoms with van der Waals surface area (Å²) in [5, 5.41) is 3.83. The summed E-state index contributed by atoms with van der Waals surface area (Å²) >= 11 is 0. The molecule has 1 heteroatoms. The highest BCUT2D eigenvalue weighted by Crippen LogP contribution is 2.28. The van der Waals surface area contributed by atoms with Gasteiger partial charge in [-0.3, -0.25) is 4.98 Å². The Morgan fingerprint density at radius 2 is 1.72 bits per heavy atom. The number of benzene rings is 2. The van der Waals surface area contributed by atoms with Gasteiger partial charge in [0.15, 0.2) is 0 Å². The number of hydrogen-bond donors (Lipinski definition) is 0. The summed E-state index contributed by atoms with van der Waals surface area (Å²) in [5.41, 5.74) is 4.95. The standard InChI is InChI=1S/C17H17N/c1-4-13-10-14-9-11(2)15-7-5-6-8-16(15)17(14)18-12(13)3/h5-10H,4H2,1-3H3. The fourth-order valence-corrected chi connectivity index (χ4v) is 2.69. The second kappa shape index (κ2) is 4.09. The first-order valence-electron chi connectivity index (χ1n) is 6.49. The molecule has 1 heterocycles. The average Bonchev–Trinajstić information content (AvgIpc) is 2.39. The number of rotatable bonds is 1. The summed E-state index contributed by atoms with van der Waals surface area (Å²) in [6.45, 7) is 6.46. The van der Waals surface area contributed by atoms with Crippen molar-refractivity contribution in [3.63, 3.8) is 0 Å². The number of aromatic nitrogens is 1. The van der Waals surface area contributed by atoms with Crippen molar-refractivity contribution in [2.24, 2.45) is 0 Å². The molecule has 0 saturated heterocycles. The van der Waals surface area contributed by atoms with Gasteiger partial charge in [-0.05, 0) is 48.9 Å². The molecule has 0 saturated carbocycles. The summed E-state index contributed by atoms with van der Waals surface area (Å²) < 4.78 is 0. The zero-order valence-corrected chi connectivity index (χ0v) is 11.1. The van der Waals surface area contributed by atoms with Gasteiger partial charge in [-0.1, -0.05) is 31.2 Å². The van der Waals surface area contributed by atoms with Gasteiger partial charge in [0.2, 0.25) is 0 Å². The third-order valence-electron chi connectivity index (χ3n) is 3.71. The van der Waals surface area contributed by atoms with Gasteiger partial charge in [-0.2, -0.15) is 0 Å². The molecular formula is C17H17N. The van der Waals surface area contributed by atoms with Crippen molar-refractivity contribution in [3.8, 4) is 0 Å². The van der Waals surface area contributed by atoms with Crippen molar-refractivity contribution >= 4 is 21.7 Å². The van der Waals surface area contributed by atoms with Crippen LogP contribution in [0.5, 0.6) is 0 Å². The van der Waals surface area contributed by atoms with Gasteiger partial charge < -0.3 is 0 Å². The first-order valence-corrected chi connectivity index (χ1v) is 6.49. The van der Waals surface area contributed by atoms with E-state index < -0.39 is 0 Å². The second-order valence-electron chi connectivity index (χ2n) is 4.90. The molecule has 0 amide bonds. The molecular weight excluding hydrogens is 218 g/mol. The van der Waals surface area contributed by atoms with Gasteiger partial charge in [0.05, 0.1) is 5.52 Å². The average molecular weight is 235 g/mol. The van der Waals surface area contributed by atoms with Crippen LogP contribution in [0.2, 0.25) is 0 Å². The Morgan fingerprint density at radius 1 is 1.00 bits per heavy atom. The topological polar surface area (TPSA) is 12.9 Å². The molecule has 0 aliphatic heterocycles. The summed E-state index contributed by atoms with van der Waals surface area (Å²) in [7, 11) is 0. The maximum atomic E-state index is 4.82. The number of hydrogen-bond acceptors (Lipinski definition) is 1. The van der Waals surface area contributed by atoms with E-state index in [1.54, 1.807) is 0 Å². The Labute approximate surface area is 107 Å². The van der Waals surface area contributed by atoms with Crippen LogP contribution >= 0.6 is 0 Å². The zero-order valence-electron chi connectivity index (χ0n) is 11.1. The molecule has 0 aliphatic carbocycles. The van der Waals surface area contributed by atoms with E-state index in [1.165, 1.54) is 27.3 Å². The first-order chi connectivity index (χ1) is 8.70. The molecule has 1 aromatic heterocycles. The van der Waals surface area contributed by atoms with Crippen LogP contribution < -0.4 is 0 Å². The number of pyridine rings is 1. The maximum absolute atomic E-state index is 4.82. The predicted molar refractivity (Wildman–Crippen MR) is 78.1 cm³/mol. The molecule has 3 rings (SSSR count). The lowest BCUT2D eigenvalue weighted by Gasteiger charge is -2.10. The van der Waals surface area contributed by atoms with E-state index in [2.05, 4.69) is 57.2 Å². The number of fused-ring (bicyclic) bond motifs is 3. The lowest BCUT2D eigenvalue weighted by Crippen LogP contribution is -1.93. The molecule has 3 aromatic rings. The fourth-order valence-electron chi connectivity index (χ4n) is 2.69. The van der Waals surface area contributed by atoms with Crippen LogP contribution in [0.4, 0.5) is 0 Å². The van der Waals surface area contributed by atoms with Crippen LogP contribution in [0, 0.1) is 13.8 Å². The number of nitrogens with zero attached hydrogens (tertiary/aromatic N) is 1. The van der Waals surface area contributed by atoms with Crippen LogP contribution in [0.3, 0.4) is 0 Å². The molecule has 0 atom stereocenters. The van der Waals surface area contributed by atoms with E-state index >= 15 is 0 Å². The molecule has 90 valence electrons. The smallest absolute Gasteiger partial charge is 0.0783 e. The van der Waals surface area contributed by atoms with E-state index in [9.17, 15) is 0 Å². The third-order valence-corrected chi connectivity index (χ3v) is 3.71. The third kappa shape index (κ3) is 1.59. The van der Waals surface area contributed by atoms with Crippen molar-refractivity contribution < 1.29 is 0 Å². The summed E-state index contributed by atoms with van der Waals surface area (Å²) in [5.74, 6) is 0. The normalized spacial score (nSPS) is 11.3. The first kappa shape index (κ1) is 11.2. The Hall–Kier alpha value is -1.89. The van der Waals surface area contributed by atoms with Crippen LogP contribution in [0.1, 0.15) is 23.7 Å². The second-order valence-corrected chi connectivity index (χ2v) is 4.90. The van der Waals surface area contributed by atoms with Crippen molar-refractivity contribution in [2.75, 3.05) is 0 Å². The molecule has 0 fully saturated rings. The van der Waals surface area contributed by atoms with Gasteiger partial charge in [0.1, 0.15) is 0 Å².